The highest BCUT2D eigenvalue weighted by Gasteiger charge is 2.29. The molecule has 0 radical (unpaired) electrons. The minimum absolute atomic E-state index is 0.0823. The van der Waals surface area contributed by atoms with Crippen LogP contribution in [0.25, 0.3) is 0 Å². The summed E-state index contributed by atoms with van der Waals surface area (Å²) >= 11 is 0. The maximum Gasteiger partial charge on any atom is 0.417 e. The standard InChI is InChI=1S/C24H27N3O6/c1-27(24(32)33-23(31)19-8-5-13-25-19)15-21(29)20(14-16-9-11-18(28)12-10-16)26-22(30)17-6-3-2-4-7-17/h2-4,6-7,9-12,19-20,25,28H,5,8,13-15H2,1H3,(H,26,30)/t19-,20?/m0/s1. The van der Waals surface area contributed by atoms with Gasteiger partial charge < -0.3 is 25.4 Å². The van der Waals surface area contributed by atoms with Crippen LogP contribution in [-0.2, 0) is 20.7 Å². The third-order valence-corrected chi connectivity index (χ3v) is 5.34. The summed E-state index contributed by atoms with van der Waals surface area (Å²) in [6.45, 7) is 0.324. The molecule has 1 aliphatic heterocycles. The number of carbonyl (C=O) groups is 4. The summed E-state index contributed by atoms with van der Waals surface area (Å²) in [6, 6.07) is 13.3. The molecule has 0 bridgehead atoms. The largest absolute Gasteiger partial charge is 0.508 e. The number of amides is 2. The van der Waals surface area contributed by atoms with Gasteiger partial charge in [-0.3, -0.25) is 9.59 Å². The van der Waals surface area contributed by atoms with Crippen molar-refractivity contribution in [3.05, 3.63) is 65.7 Å². The van der Waals surface area contributed by atoms with E-state index in [0.29, 0.717) is 24.1 Å². The molecule has 0 aromatic heterocycles. The van der Waals surface area contributed by atoms with Gasteiger partial charge in [0.15, 0.2) is 5.78 Å². The Hall–Kier alpha value is -3.72. The summed E-state index contributed by atoms with van der Waals surface area (Å²) in [5.41, 5.74) is 1.11. The molecular formula is C24H27N3O6. The lowest BCUT2D eigenvalue weighted by atomic mass is 10.0. The van der Waals surface area contributed by atoms with E-state index >= 15 is 0 Å². The smallest absolute Gasteiger partial charge is 0.417 e. The number of likely N-dealkylation sites (N-methyl/N-ethyl adjacent to an activating group) is 1. The van der Waals surface area contributed by atoms with Crippen molar-refractivity contribution in [3.63, 3.8) is 0 Å². The second-order valence-electron chi connectivity index (χ2n) is 7.92. The number of esters is 1. The Labute approximate surface area is 191 Å². The predicted molar refractivity (Wildman–Crippen MR) is 120 cm³/mol. The number of aromatic hydroxyl groups is 1. The maximum atomic E-state index is 13.0. The number of hydrogen-bond acceptors (Lipinski definition) is 7. The Kier molecular flexibility index (Phi) is 8.15. The Morgan fingerprint density at radius 1 is 1.12 bits per heavy atom. The Bertz CT molecular complexity index is 987. The molecule has 2 amide bonds. The molecule has 2 aromatic rings. The minimum atomic E-state index is -0.940. The SMILES string of the molecule is CN(CC(=O)C(Cc1ccc(O)cc1)NC(=O)c1ccccc1)C(=O)OC(=O)[C@@H]1CCCN1. The first-order valence-corrected chi connectivity index (χ1v) is 10.7. The average Bonchev–Trinajstić information content (AvgIpc) is 3.35. The molecule has 33 heavy (non-hydrogen) atoms. The third-order valence-electron chi connectivity index (χ3n) is 5.34. The molecule has 0 spiro atoms. The van der Waals surface area contributed by atoms with Crippen LogP contribution in [0.5, 0.6) is 5.75 Å². The molecular weight excluding hydrogens is 426 g/mol. The lowest BCUT2D eigenvalue weighted by molar-refractivity contribution is -0.140. The van der Waals surface area contributed by atoms with Crippen molar-refractivity contribution >= 4 is 23.8 Å². The van der Waals surface area contributed by atoms with Crippen molar-refractivity contribution in [2.45, 2.75) is 31.3 Å². The molecule has 1 fully saturated rings. The fraction of sp³-hybridized carbons (Fsp3) is 0.333. The molecule has 1 heterocycles. The zero-order chi connectivity index (χ0) is 23.8. The number of phenols is 1. The van der Waals surface area contributed by atoms with E-state index in [1.807, 2.05) is 0 Å². The fourth-order valence-electron chi connectivity index (χ4n) is 3.47. The number of carbonyl (C=O) groups excluding carboxylic acids is 4. The highest BCUT2D eigenvalue weighted by Crippen LogP contribution is 2.13. The van der Waals surface area contributed by atoms with Gasteiger partial charge in [0.05, 0.1) is 12.6 Å². The molecule has 1 unspecified atom stereocenters. The van der Waals surface area contributed by atoms with Gasteiger partial charge in [0.25, 0.3) is 5.91 Å². The van der Waals surface area contributed by atoms with Crippen LogP contribution in [-0.4, -0.2) is 66.0 Å². The zero-order valence-corrected chi connectivity index (χ0v) is 18.3. The summed E-state index contributed by atoms with van der Waals surface area (Å²) in [5.74, 6) is -1.45. The van der Waals surface area contributed by atoms with Gasteiger partial charge in [-0.2, -0.15) is 0 Å². The molecule has 3 N–H and O–H groups in total. The monoisotopic (exact) mass is 453 g/mol. The van der Waals surface area contributed by atoms with Gasteiger partial charge in [-0.15, -0.1) is 0 Å². The van der Waals surface area contributed by atoms with Crippen molar-refractivity contribution in [1.82, 2.24) is 15.5 Å². The molecule has 174 valence electrons. The third kappa shape index (κ3) is 6.88. The molecule has 0 aliphatic carbocycles. The van der Waals surface area contributed by atoms with Gasteiger partial charge in [-0.25, -0.2) is 9.59 Å². The highest BCUT2D eigenvalue weighted by molar-refractivity contribution is 5.99. The average molecular weight is 453 g/mol. The first-order valence-electron chi connectivity index (χ1n) is 10.7. The van der Waals surface area contributed by atoms with E-state index in [9.17, 15) is 24.3 Å². The highest BCUT2D eigenvalue weighted by atomic mass is 16.6. The van der Waals surface area contributed by atoms with E-state index in [0.717, 1.165) is 11.3 Å². The Morgan fingerprint density at radius 2 is 1.82 bits per heavy atom. The van der Waals surface area contributed by atoms with Crippen molar-refractivity contribution in [2.24, 2.45) is 0 Å². The number of hydrogen-bond donors (Lipinski definition) is 3. The maximum absolute atomic E-state index is 13.0. The van der Waals surface area contributed by atoms with Crippen LogP contribution in [0.4, 0.5) is 4.79 Å². The summed E-state index contributed by atoms with van der Waals surface area (Å²) in [6.07, 6.45) is 0.642. The van der Waals surface area contributed by atoms with Gasteiger partial charge in [0.1, 0.15) is 11.8 Å². The number of nitrogens with zero attached hydrogens (tertiary/aromatic N) is 1. The Balaban J connectivity index is 1.66. The van der Waals surface area contributed by atoms with E-state index in [-0.39, 0.29) is 18.7 Å². The lowest BCUT2D eigenvalue weighted by Crippen LogP contribution is -2.47. The summed E-state index contributed by atoms with van der Waals surface area (Å²) in [4.78, 5) is 51.0. The van der Waals surface area contributed by atoms with Crippen LogP contribution in [0.2, 0.25) is 0 Å². The van der Waals surface area contributed by atoms with Crippen molar-refractivity contribution in [3.8, 4) is 5.75 Å². The number of benzene rings is 2. The summed E-state index contributed by atoms with van der Waals surface area (Å²) in [7, 11) is 1.35. The lowest BCUT2D eigenvalue weighted by Gasteiger charge is -2.22. The van der Waals surface area contributed by atoms with Crippen molar-refractivity contribution in [1.29, 1.82) is 0 Å². The van der Waals surface area contributed by atoms with Crippen LogP contribution in [0.15, 0.2) is 54.6 Å². The first-order chi connectivity index (χ1) is 15.8. The molecule has 9 heteroatoms. The van der Waals surface area contributed by atoms with Crippen molar-refractivity contribution < 1.29 is 29.0 Å². The second kappa shape index (κ2) is 11.2. The van der Waals surface area contributed by atoms with E-state index in [1.165, 1.54) is 19.2 Å². The summed E-state index contributed by atoms with van der Waals surface area (Å²) in [5, 5.41) is 15.2. The number of phenolic OH excluding ortho intramolecular Hbond substituents is 1. The molecule has 1 saturated heterocycles. The normalized spacial score (nSPS) is 16.0. The zero-order valence-electron chi connectivity index (χ0n) is 18.3. The quantitative estimate of drug-likeness (QED) is 0.410. The molecule has 2 aromatic carbocycles. The van der Waals surface area contributed by atoms with Crippen molar-refractivity contribution in [2.75, 3.05) is 20.1 Å². The van der Waals surface area contributed by atoms with Crippen LogP contribution in [0.3, 0.4) is 0 Å². The molecule has 1 aliphatic rings. The molecule has 0 saturated carbocycles. The van der Waals surface area contributed by atoms with Crippen LogP contribution in [0.1, 0.15) is 28.8 Å². The van der Waals surface area contributed by atoms with Crippen LogP contribution in [0, 0.1) is 0 Å². The number of nitrogens with one attached hydrogen (secondary N) is 2. The minimum Gasteiger partial charge on any atom is -0.508 e. The van der Waals surface area contributed by atoms with E-state index in [4.69, 9.17) is 4.74 Å². The van der Waals surface area contributed by atoms with E-state index in [2.05, 4.69) is 10.6 Å². The van der Waals surface area contributed by atoms with Crippen LogP contribution >= 0.6 is 0 Å². The Morgan fingerprint density at radius 3 is 2.45 bits per heavy atom. The van der Waals surface area contributed by atoms with Gasteiger partial charge in [-0.1, -0.05) is 30.3 Å². The number of rotatable bonds is 8. The molecule has 2 atom stereocenters. The number of Topliss-reactive ketones (excluding diaryl/α,β-unsaturated/α-hetero) is 1. The number of ether oxygens (including phenoxy) is 1. The van der Waals surface area contributed by atoms with Gasteiger partial charge >= 0.3 is 12.1 Å². The first kappa shape index (κ1) is 23.9. The molecule has 9 nitrogen and oxygen atoms in total. The molecule has 3 rings (SSSR count). The van der Waals surface area contributed by atoms with E-state index < -0.39 is 35.8 Å². The fourth-order valence-corrected chi connectivity index (χ4v) is 3.47. The van der Waals surface area contributed by atoms with Crippen LogP contribution < -0.4 is 10.6 Å². The van der Waals surface area contributed by atoms with Gasteiger partial charge in [0, 0.05) is 12.6 Å². The number of ketones is 1. The topological polar surface area (TPSA) is 125 Å². The van der Waals surface area contributed by atoms with E-state index in [1.54, 1.807) is 42.5 Å². The van der Waals surface area contributed by atoms with Gasteiger partial charge in [0.2, 0.25) is 0 Å². The summed E-state index contributed by atoms with van der Waals surface area (Å²) < 4.78 is 4.88. The predicted octanol–water partition coefficient (Wildman–Crippen LogP) is 1.65. The second-order valence-corrected chi connectivity index (χ2v) is 7.92. The van der Waals surface area contributed by atoms with Gasteiger partial charge in [-0.05, 0) is 55.6 Å².